The molecule has 2 aliphatic rings. The van der Waals surface area contributed by atoms with Crippen LogP contribution in [0.3, 0.4) is 0 Å². The van der Waals surface area contributed by atoms with Gasteiger partial charge in [0.25, 0.3) is 0 Å². The zero-order chi connectivity index (χ0) is 13.7. The molecule has 0 spiro atoms. The molecule has 0 radical (unpaired) electrons. The van der Waals surface area contributed by atoms with Crippen LogP contribution in [0.1, 0.15) is 71.1 Å². The summed E-state index contributed by atoms with van der Waals surface area (Å²) < 4.78 is 6.14. The molecule has 2 heteroatoms. The zero-order valence-corrected chi connectivity index (χ0v) is 13.2. The molecule has 2 fully saturated rings. The lowest BCUT2D eigenvalue weighted by molar-refractivity contribution is -0.0720. The third kappa shape index (κ3) is 3.52. The van der Waals surface area contributed by atoms with E-state index in [1.807, 2.05) is 7.11 Å². The van der Waals surface area contributed by atoms with Crippen molar-refractivity contribution in [3.05, 3.63) is 0 Å². The lowest BCUT2D eigenvalue weighted by atomic mass is 9.71. The van der Waals surface area contributed by atoms with E-state index in [2.05, 4.69) is 19.3 Å². The SMILES string of the molecule is CNC(C1CCCC(C)C1)C1(OC)CCCCCC1. The van der Waals surface area contributed by atoms with E-state index in [1.165, 1.54) is 64.2 Å². The van der Waals surface area contributed by atoms with Gasteiger partial charge >= 0.3 is 0 Å². The Morgan fingerprint density at radius 2 is 1.74 bits per heavy atom. The van der Waals surface area contributed by atoms with Crippen molar-refractivity contribution in [3.63, 3.8) is 0 Å². The standard InChI is InChI=1S/C17H33NO/c1-14-9-8-10-15(13-14)16(18-2)17(19-3)11-6-4-5-7-12-17/h14-16,18H,4-13H2,1-3H3. The van der Waals surface area contributed by atoms with E-state index in [0.29, 0.717) is 6.04 Å². The first-order valence-electron chi connectivity index (χ1n) is 8.44. The topological polar surface area (TPSA) is 21.3 Å². The third-order valence-corrected chi connectivity index (χ3v) is 5.68. The Hall–Kier alpha value is -0.0800. The summed E-state index contributed by atoms with van der Waals surface area (Å²) in [7, 11) is 4.09. The van der Waals surface area contributed by atoms with Crippen LogP contribution < -0.4 is 5.32 Å². The van der Waals surface area contributed by atoms with Gasteiger partial charge in [-0.2, -0.15) is 0 Å². The predicted molar refractivity (Wildman–Crippen MR) is 81.4 cm³/mol. The van der Waals surface area contributed by atoms with E-state index in [-0.39, 0.29) is 5.60 Å². The normalized spacial score (nSPS) is 33.6. The van der Waals surface area contributed by atoms with Crippen molar-refractivity contribution in [1.82, 2.24) is 5.32 Å². The molecule has 0 aromatic carbocycles. The van der Waals surface area contributed by atoms with Crippen LogP contribution in [0, 0.1) is 11.8 Å². The molecular weight excluding hydrogens is 234 g/mol. The van der Waals surface area contributed by atoms with E-state index in [1.54, 1.807) is 0 Å². The van der Waals surface area contributed by atoms with Gasteiger partial charge in [0.05, 0.1) is 5.60 Å². The molecule has 0 aliphatic heterocycles. The number of methoxy groups -OCH3 is 1. The van der Waals surface area contributed by atoms with Crippen LogP contribution in [0.15, 0.2) is 0 Å². The van der Waals surface area contributed by atoms with E-state index in [0.717, 1.165) is 11.8 Å². The number of likely N-dealkylation sites (N-methyl/N-ethyl adjacent to an activating group) is 1. The summed E-state index contributed by atoms with van der Waals surface area (Å²) in [6.07, 6.45) is 13.6. The summed E-state index contributed by atoms with van der Waals surface area (Å²) in [6, 6.07) is 0.554. The highest BCUT2D eigenvalue weighted by Gasteiger charge is 2.43. The molecule has 2 rings (SSSR count). The molecule has 2 aliphatic carbocycles. The second kappa shape index (κ2) is 7.08. The van der Waals surface area contributed by atoms with Crippen LogP contribution in [0.2, 0.25) is 0 Å². The van der Waals surface area contributed by atoms with Crippen LogP contribution in [-0.2, 0) is 4.74 Å². The molecule has 3 atom stereocenters. The maximum absolute atomic E-state index is 6.14. The van der Waals surface area contributed by atoms with Crippen LogP contribution in [-0.4, -0.2) is 25.8 Å². The molecule has 1 N–H and O–H groups in total. The largest absolute Gasteiger partial charge is 0.377 e. The van der Waals surface area contributed by atoms with E-state index >= 15 is 0 Å². The molecule has 0 aromatic heterocycles. The van der Waals surface area contributed by atoms with Crippen molar-refractivity contribution in [3.8, 4) is 0 Å². The monoisotopic (exact) mass is 267 g/mol. The predicted octanol–water partition coefficient (Wildman–Crippen LogP) is 4.14. The fraction of sp³-hybridized carbons (Fsp3) is 1.00. The highest BCUT2D eigenvalue weighted by atomic mass is 16.5. The smallest absolute Gasteiger partial charge is 0.0833 e. The summed E-state index contributed by atoms with van der Waals surface area (Å²) in [5.74, 6) is 1.71. The first-order valence-corrected chi connectivity index (χ1v) is 8.44. The molecule has 2 nitrogen and oxygen atoms in total. The first kappa shape index (κ1) is 15.3. The first-order chi connectivity index (χ1) is 9.22. The Bertz CT molecular complexity index is 258. The van der Waals surface area contributed by atoms with Gasteiger partial charge in [0.15, 0.2) is 0 Å². The van der Waals surface area contributed by atoms with Crippen molar-refractivity contribution < 1.29 is 4.74 Å². The molecule has 2 saturated carbocycles. The van der Waals surface area contributed by atoms with Crippen molar-refractivity contribution in [1.29, 1.82) is 0 Å². The van der Waals surface area contributed by atoms with Gasteiger partial charge in [-0.15, -0.1) is 0 Å². The molecule has 0 saturated heterocycles. The number of rotatable bonds is 4. The molecule has 0 amide bonds. The van der Waals surface area contributed by atoms with Crippen LogP contribution in [0.25, 0.3) is 0 Å². The molecule has 0 aromatic rings. The van der Waals surface area contributed by atoms with Gasteiger partial charge < -0.3 is 10.1 Å². The lowest BCUT2D eigenvalue weighted by Gasteiger charge is -2.45. The average molecular weight is 267 g/mol. The lowest BCUT2D eigenvalue weighted by Crippen LogP contribution is -2.55. The second-order valence-corrected chi connectivity index (χ2v) is 6.98. The molecular formula is C17H33NO. The van der Waals surface area contributed by atoms with Crippen molar-refractivity contribution in [2.45, 2.75) is 82.8 Å². The Morgan fingerprint density at radius 3 is 2.26 bits per heavy atom. The van der Waals surface area contributed by atoms with Crippen molar-refractivity contribution >= 4 is 0 Å². The van der Waals surface area contributed by atoms with Crippen molar-refractivity contribution in [2.75, 3.05) is 14.2 Å². The van der Waals surface area contributed by atoms with Gasteiger partial charge in [0.1, 0.15) is 0 Å². The third-order valence-electron chi connectivity index (χ3n) is 5.68. The fourth-order valence-corrected chi connectivity index (χ4v) is 4.68. The van der Waals surface area contributed by atoms with E-state index in [4.69, 9.17) is 4.74 Å². The quantitative estimate of drug-likeness (QED) is 0.773. The van der Waals surface area contributed by atoms with Crippen LogP contribution in [0.4, 0.5) is 0 Å². The Kier molecular flexibility index (Phi) is 5.70. The number of nitrogens with one attached hydrogen (secondary N) is 1. The fourth-order valence-electron chi connectivity index (χ4n) is 4.68. The second-order valence-electron chi connectivity index (χ2n) is 6.98. The Labute approximate surface area is 119 Å². The van der Waals surface area contributed by atoms with Gasteiger partial charge in [0, 0.05) is 13.2 Å². The summed E-state index contributed by atoms with van der Waals surface area (Å²) in [5.41, 5.74) is 0.104. The summed E-state index contributed by atoms with van der Waals surface area (Å²) in [4.78, 5) is 0. The minimum atomic E-state index is 0.104. The summed E-state index contributed by atoms with van der Waals surface area (Å²) >= 11 is 0. The molecule has 0 bridgehead atoms. The van der Waals surface area contributed by atoms with Gasteiger partial charge in [-0.05, 0) is 44.6 Å². The van der Waals surface area contributed by atoms with Gasteiger partial charge in [-0.3, -0.25) is 0 Å². The number of ether oxygens (including phenoxy) is 1. The van der Waals surface area contributed by atoms with Gasteiger partial charge in [0.2, 0.25) is 0 Å². The van der Waals surface area contributed by atoms with Crippen molar-refractivity contribution in [2.24, 2.45) is 11.8 Å². The number of hydrogen-bond donors (Lipinski definition) is 1. The molecule has 0 heterocycles. The average Bonchev–Trinajstić information content (AvgIpc) is 2.66. The Morgan fingerprint density at radius 1 is 1.05 bits per heavy atom. The minimum Gasteiger partial charge on any atom is -0.377 e. The van der Waals surface area contributed by atoms with E-state index in [9.17, 15) is 0 Å². The molecule has 3 unspecified atom stereocenters. The summed E-state index contributed by atoms with van der Waals surface area (Å²) in [6.45, 7) is 2.42. The van der Waals surface area contributed by atoms with Crippen LogP contribution >= 0.6 is 0 Å². The minimum absolute atomic E-state index is 0.104. The summed E-state index contributed by atoms with van der Waals surface area (Å²) in [5, 5.41) is 3.66. The van der Waals surface area contributed by atoms with E-state index < -0.39 is 0 Å². The van der Waals surface area contributed by atoms with Crippen LogP contribution in [0.5, 0.6) is 0 Å². The number of hydrogen-bond acceptors (Lipinski definition) is 2. The van der Waals surface area contributed by atoms with Gasteiger partial charge in [-0.1, -0.05) is 45.4 Å². The molecule has 112 valence electrons. The highest BCUT2D eigenvalue weighted by molar-refractivity contribution is 4.98. The maximum Gasteiger partial charge on any atom is 0.0833 e. The molecule has 19 heavy (non-hydrogen) atoms. The highest BCUT2D eigenvalue weighted by Crippen LogP contribution is 2.40. The Balaban J connectivity index is 2.12. The zero-order valence-electron chi connectivity index (χ0n) is 13.2. The maximum atomic E-state index is 6.14. The van der Waals surface area contributed by atoms with Gasteiger partial charge in [-0.25, -0.2) is 0 Å².